The maximum atomic E-state index is 12.6. The Bertz CT molecular complexity index is 1050. The molecule has 2 aromatic carbocycles. The molecule has 0 unspecified atom stereocenters. The number of hydrogen-bond acceptors (Lipinski definition) is 7. The number of sulfonamides is 1. The number of benzene rings is 2. The van der Waals surface area contributed by atoms with E-state index < -0.39 is 16.0 Å². The lowest BCUT2D eigenvalue weighted by Gasteiger charge is -2.26. The van der Waals surface area contributed by atoms with Gasteiger partial charge in [-0.25, -0.2) is 13.2 Å². The highest BCUT2D eigenvalue weighted by Crippen LogP contribution is 2.18. The van der Waals surface area contributed by atoms with Crippen molar-refractivity contribution in [3.8, 4) is 11.8 Å². The van der Waals surface area contributed by atoms with Gasteiger partial charge in [0.2, 0.25) is 10.0 Å². The molecule has 1 fully saturated rings. The first-order chi connectivity index (χ1) is 15.0. The number of ether oxygens (including phenoxy) is 3. The normalized spacial score (nSPS) is 14.8. The molecule has 0 saturated carbocycles. The molecule has 0 atom stereocenters. The van der Waals surface area contributed by atoms with Gasteiger partial charge in [0.25, 0.3) is 0 Å². The smallest absolute Gasteiger partial charge is 0.330 e. The summed E-state index contributed by atoms with van der Waals surface area (Å²) in [6.45, 7) is 1.70. The van der Waals surface area contributed by atoms with Crippen molar-refractivity contribution < 1.29 is 27.4 Å². The fourth-order valence-corrected chi connectivity index (χ4v) is 4.23. The molecule has 1 aliphatic heterocycles. The van der Waals surface area contributed by atoms with E-state index in [0.717, 1.165) is 0 Å². The summed E-state index contributed by atoms with van der Waals surface area (Å²) in [6, 6.07) is 14.9. The standard InChI is InChI=1S/C22H22N2O6S/c23-17-19-1-6-20(7-2-19)29-15-16-30-22(25)10-5-18-3-8-21(9-4-18)31(26,27)24-11-13-28-14-12-24/h1-10H,11-16H2/b10-5+. The first-order valence-corrected chi connectivity index (χ1v) is 11.1. The van der Waals surface area contributed by atoms with Crippen LogP contribution in [0.1, 0.15) is 11.1 Å². The number of hydrogen-bond donors (Lipinski definition) is 0. The van der Waals surface area contributed by atoms with Crippen LogP contribution in [0.25, 0.3) is 6.08 Å². The zero-order valence-electron chi connectivity index (χ0n) is 16.8. The summed E-state index contributed by atoms with van der Waals surface area (Å²) < 4.78 is 42.3. The zero-order valence-corrected chi connectivity index (χ0v) is 17.6. The number of nitrogens with zero attached hydrogens (tertiary/aromatic N) is 2. The molecular formula is C22H22N2O6S. The first-order valence-electron chi connectivity index (χ1n) is 9.65. The Labute approximate surface area is 181 Å². The topological polar surface area (TPSA) is 106 Å². The van der Waals surface area contributed by atoms with Crippen LogP contribution in [0.15, 0.2) is 59.5 Å². The quantitative estimate of drug-likeness (QED) is 0.351. The minimum atomic E-state index is -3.54. The lowest BCUT2D eigenvalue weighted by atomic mass is 10.2. The summed E-state index contributed by atoms with van der Waals surface area (Å²) in [7, 11) is -3.54. The van der Waals surface area contributed by atoms with Gasteiger partial charge in [0.05, 0.1) is 29.7 Å². The summed E-state index contributed by atoms with van der Waals surface area (Å²) in [5.41, 5.74) is 1.21. The van der Waals surface area contributed by atoms with Crippen molar-refractivity contribution in [3.05, 3.63) is 65.7 Å². The molecule has 3 rings (SSSR count). The van der Waals surface area contributed by atoms with E-state index in [1.54, 1.807) is 42.5 Å². The van der Waals surface area contributed by atoms with Crippen LogP contribution in [0.4, 0.5) is 0 Å². The number of nitriles is 1. The van der Waals surface area contributed by atoms with Gasteiger partial charge in [-0.3, -0.25) is 0 Å². The van der Waals surface area contributed by atoms with Crippen LogP contribution in [-0.4, -0.2) is 58.2 Å². The highest BCUT2D eigenvalue weighted by atomic mass is 32.2. The van der Waals surface area contributed by atoms with Crippen molar-refractivity contribution >= 4 is 22.1 Å². The fourth-order valence-electron chi connectivity index (χ4n) is 2.83. The molecule has 0 aromatic heterocycles. The summed E-state index contributed by atoms with van der Waals surface area (Å²) >= 11 is 0. The van der Waals surface area contributed by atoms with Crippen molar-refractivity contribution in [2.24, 2.45) is 0 Å². The van der Waals surface area contributed by atoms with Crippen LogP contribution in [0.2, 0.25) is 0 Å². The van der Waals surface area contributed by atoms with E-state index in [-0.39, 0.29) is 18.1 Å². The second-order valence-corrected chi connectivity index (χ2v) is 8.51. The Kier molecular flexibility index (Phi) is 7.78. The number of carbonyl (C=O) groups is 1. The number of rotatable bonds is 8. The maximum absolute atomic E-state index is 12.6. The lowest BCUT2D eigenvalue weighted by Crippen LogP contribution is -2.40. The molecule has 1 heterocycles. The molecule has 0 aliphatic carbocycles. The van der Waals surface area contributed by atoms with Crippen molar-refractivity contribution in [2.45, 2.75) is 4.90 Å². The summed E-state index contributed by atoms with van der Waals surface area (Å²) in [5.74, 6) is 0.0474. The number of carbonyl (C=O) groups excluding carboxylic acids is 1. The molecule has 2 aromatic rings. The SMILES string of the molecule is N#Cc1ccc(OCCOC(=O)/C=C/c2ccc(S(=O)(=O)N3CCOCC3)cc2)cc1. The van der Waals surface area contributed by atoms with Gasteiger partial charge in [0.15, 0.2) is 0 Å². The predicted molar refractivity (Wildman–Crippen MR) is 113 cm³/mol. The highest BCUT2D eigenvalue weighted by molar-refractivity contribution is 7.89. The average Bonchev–Trinajstić information content (AvgIpc) is 2.81. The van der Waals surface area contributed by atoms with E-state index in [2.05, 4.69) is 0 Å². The van der Waals surface area contributed by atoms with Crippen LogP contribution in [-0.2, 0) is 24.3 Å². The van der Waals surface area contributed by atoms with Crippen molar-refractivity contribution in [1.29, 1.82) is 5.26 Å². The average molecular weight is 442 g/mol. The van der Waals surface area contributed by atoms with Crippen LogP contribution < -0.4 is 4.74 Å². The number of esters is 1. The molecule has 0 radical (unpaired) electrons. The summed E-state index contributed by atoms with van der Waals surface area (Å²) in [4.78, 5) is 12.0. The van der Waals surface area contributed by atoms with Gasteiger partial charge < -0.3 is 14.2 Å². The molecule has 31 heavy (non-hydrogen) atoms. The maximum Gasteiger partial charge on any atom is 0.330 e. The Hall–Kier alpha value is -3.19. The van der Waals surface area contributed by atoms with Crippen LogP contribution in [0, 0.1) is 11.3 Å². The molecule has 1 aliphatic rings. The van der Waals surface area contributed by atoms with Gasteiger partial charge in [0, 0.05) is 19.2 Å². The summed E-state index contributed by atoms with van der Waals surface area (Å²) in [6.07, 6.45) is 2.82. The molecule has 8 nitrogen and oxygen atoms in total. The third-order valence-electron chi connectivity index (χ3n) is 4.48. The van der Waals surface area contributed by atoms with E-state index in [1.807, 2.05) is 6.07 Å². The second-order valence-electron chi connectivity index (χ2n) is 6.57. The minimum absolute atomic E-state index is 0.0694. The molecule has 162 valence electrons. The number of morpholine rings is 1. The van der Waals surface area contributed by atoms with E-state index in [4.69, 9.17) is 19.5 Å². The van der Waals surface area contributed by atoms with Gasteiger partial charge in [-0.05, 0) is 48.0 Å². The van der Waals surface area contributed by atoms with Gasteiger partial charge in [0.1, 0.15) is 19.0 Å². The molecule has 0 bridgehead atoms. The van der Waals surface area contributed by atoms with Gasteiger partial charge in [-0.1, -0.05) is 12.1 Å². The molecule has 9 heteroatoms. The Morgan fingerprint density at radius 1 is 1.06 bits per heavy atom. The van der Waals surface area contributed by atoms with E-state index in [0.29, 0.717) is 43.2 Å². The van der Waals surface area contributed by atoms with Crippen molar-refractivity contribution in [1.82, 2.24) is 4.31 Å². The third-order valence-corrected chi connectivity index (χ3v) is 6.39. The van der Waals surface area contributed by atoms with Crippen molar-refractivity contribution in [2.75, 3.05) is 39.5 Å². The van der Waals surface area contributed by atoms with Crippen LogP contribution in [0.3, 0.4) is 0 Å². The van der Waals surface area contributed by atoms with Gasteiger partial charge in [-0.2, -0.15) is 9.57 Å². The summed E-state index contributed by atoms with van der Waals surface area (Å²) in [5, 5.41) is 8.75. The molecular weight excluding hydrogens is 420 g/mol. The zero-order chi connectivity index (χ0) is 22.1. The predicted octanol–water partition coefficient (Wildman–Crippen LogP) is 2.21. The van der Waals surface area contributed by atoms with Crippen LogP contribution in [0.5, 0.6) is 5.75 Å². The van der Waals surface area contributed by atoms with Gasteiger partial charge in [-0.15, -0.1) is 0 Å². The Morgan fingerprint density at radius 3 is 2.39 bits per heavy atom. The van der Waals surface area contributed by atoms with E-state index in [1.165, 1.54) is 22.5 Å². The third kappa shape index (κ3) is 6.39. The highest BCUT2D eigenvalue weighted by Gasteiger charge is 2.25. The van der Waals surface area contributed by atoms with Crippen LogP contribution >= 0.6 is 0 Å². The lowest BCUT2D eigenvalue weighted by molar-refractivity contribution is -0.138. The Balaban J connectivity index is 1.45. The Morgan fingerprint density at radius 2 is 1.74 bits per heavy atom. The molecule has 0 amide bonds. The van der Waals surface area contributed by atoms with E-state index >= 15 is 0 Å². The fraction of sp³-hybridized carbons (Fsp3) is 0.273. The van der Waals surface area contributed by atoms with E-state index in [9.17, 15) is 13.2 Å². The van der Waals surface area contributed by atoms with Crippen molar-refractivity contribution in [3.63, 3.8) is 0 Å². The molecule has 1 saturated heterocycles. The second kappa shape index (κ2) is 10.7. The molecule has 0 N–H and O–H groups in total. The monoisotopic (exact) mass is 442 g/mol. The molecule has 0 spiro atoms. The first kappa shape index (κ1) is 22.5. The largest absolute Gasteiger partial charge is 0.490 e. The van der Waals surface area contributed by atoms with Gasteiger partial charge >= 0.3 is 5.97 Å². The minimum Gasteiger partial charge on any atom is -0.490 e.